The summed E-state index contributed by atoms with van der Waals surface area (Å²) >= 11 is 1.75. The molecule has 2 rings (SSSR count). The van der Waals surface area contributed by atoms with Crippen molar-refractivity contribution in [2.24, 2.45) is 10.9 Å². The molecule has 0 bridgehead atoms. The minimum absolute atomic E-state index is 0.871. The number of nitrogens with one attached hydrogen (secondary N) is 1. The van der Waals surface area contributed by atoms with E-state index in [1.54, 1.807) is 11.3 Å². The molecule has 22 heavy (non-hydrogen) atoms. The quantitative estimate of drug-likeness (QED) is 0.645. The van der Waals surface area contributed by atoms with E-state index in [1.165, 1.54) is 44.5 Å². The number of nitrogens with zero attached hydrogens (tertiary/aromatic N) is 3. The Morgan fingerprint density at radius 1 is 1.45 bits per heavy atom. The average Bonchev–Trinajstić information content (AvgIpc) is 3.05. The molecule has 5 heteroatoms. The lowest BCUT2D eigenvalue weighted by Gasteiger charge is -2.31. The van der Waals surface area contributed by atoms with Crippen molar-refractivity contribution in [3.8, 4) is 0 Å². The van der Waals surface area contributed by atoms with Crippen molar-refractivity contribution in [1.82, 2.24) is 15.1 Å². The Labute approximate surface area is 139 Å². The maximum Gasteiger partial charge on any atom is 0.193 e. The van der Waals surface area contributed by atoms with E-state index >= 15 is 0 Å². The summed E-state index contributed by atoms with van der Waals surface area (Å²) in [6.45, 7) is 7.94. The number of piperidine rings is 1. The van der Waals surface area contributed by atoms with Gasteiger partial charge in [0.15, 0.2) is 5.96 Å². The van der Waals surface area contributed by atoms with E-state index in [0.29, 0.717) is 0 Å². The van der Waals surface area contributed by atoms with Gasteiger partial charge in [0, 0.05) is 27.2 Å². The third-order valence-electron chi connectivity index (χ3n) is 4.56. The minimum Gasteiger partial charge on any atom is -0.356 e. The van der Waals surface area contributed by atoms with Crippen molar-refractivity contribution < 1.29 is 0 Å². The van der Waals surface area contributed by atoms with Gasteiger partial charge in [0.1, 0.15) is 0 Å². The van der Waals surface area contributed by atoms with Crippen LogP contribution >= 0.6 is 11.3 Å². The van der Waals surface area contributed by atoms with E-state index in [0.717, 1.165) is 25.0 Å². The van der Waals surface area contributed by atoms with Crippen LogP contribution in [0, 0.1) is 5.92 Å². The van der Waals surface area contributed by atoms with Gasteiger partial charge in [-0.15, -0.1) is 0 Å². The van der Waals surface area contributed by atoms with Crippen molar-refractivity contribution >= 4 is 17.3 Å². The van der Waals surface area contributed by atoms with Crippen molar-refractivity contribution in [3.05, 3.63) is 22.4 Å². The molecule has 0 radical (unpaired) electrons. The van der Waals surface area contributed by atoms with Crippen LogP contribution in [0.5, 0.6) is 0 Å². The first kappa shape index (κ1) is 17.3. The lowest BCUT2D eigenvalue weighted by Crippen LogP contribution is -2.40. The number of guanidine groups is 1. The molecule has 1 aliphatic heterocycles. The summed E-state index contributed by atoms with van der Waals surface area (Å²) in [5.41, 5.74) is 1.35. The van der Waals surface area contributed by atoms with Gasteiger partial charge in [-0.05, 0) is 67.2 Å². The minimum atomic E-state index is 0.871. The molecule has 124 valence electrons. The molecule has 0 aromatic carbocycles. The molecule has 0 amide bonds. The second-order valence-electron chi connectivity index (χ2n) is 6.13. The average molecular weight is 323 g/mol. The van der Waals surface area contributed by atoms with Crippen LogP contribution in [0.15, 0.2) is 21.8 Å². The summed E-state index contributed by atoms with van der Waals surface area (Å²) in [6.07, 6.45) is 3.95. The normalized spacial score (nSPS) is 17.7. The van der Waals surface area contributed by atoms with Crippen LogP contribution in [-0.4, -0.2) is 56.0 Å². The van der Waals surface area contributed by atoms with Gasteiger partial charge in [-0.2, -0.15) is 11.3 Å². The Balaban J connectivity index is 1.68. The first-order valence-electron chi connectivity index (χ1n) is 8.38. The molecule has 0 spiro atoms. The monoisotopic (exact) mass is 322 g/mol. The summed E-state index contributed by atoms with van der Waals surface area (Å²) in [5.74, 6) is 1.87. The van der Waals surface area contributed by atoms with Crippen LogP contribution in [0.2, 0.25) is 0 Å². The number of hydrogen-bond donors (Lipinski definition) is 1. The first-order chi connectivity index (χ1) is 10.7. The zero-order chi connectivity index (χ0) is 15.8. The smallest absolute Gasteiger partial charge is 0.193 e. The molecule has 0 aliphatic carbocycles. The molecular formula is C17H30N4S. The summed E-state index contributed by atoms with van der Waals surface area (Å²) in [4.78, 5) is 9.15. The fourth-order valence-corrected chi connectivity index (χ4v) is 3.76. The zero-order valence-corrected chi connectivity index (χ0v) is 15.0. The SMILES string of the molecule is CCN1CCC(CCNC(=NC)N(C)Cc2ccsc2)CC1. The lowest BCUT2D eigenvalue weighted by molar-refractivity contribution is 0.187. The zero-order valence-electron chi connectivity index (χ0n) is 14.2. The summed E-state index contributed by atoms with van der Waals surface area (Å²) < 4.78 is 0. The number of hydrogen-bond acceptors (Lipinski definition) is 3. The molecule has 0 atom stereocenters. The summed E-state index contributed by atoms with van der Waals surface area (Å²) in [5, 5.41) is 7.85. The van der Waals surface area contributed by atoms with Crippen molar-refractivity contribution in [1.29, 1.82) is 0 Å². The van der Waals surface area contributed by atoms with Gasteiger partial charge in [0.05, 0.1) is 0 Å². The Morgan fingerprint density at radius 2 is 2.23 bits per heavy atom. The predicted octanol–water partition coefficient (Wildman–Crippen LogP) is 2.88. The third kappa shape index (κ3) is 5.29. The van der Waals surface area contributed by atoms with E-state index in [4.69, 9.17) is 0 Å². The Kier molecular flexibility index (Phi) is 7.19. The highest BCUT2D eigenvalue weighted by Gasteiger charge is 2.17. The highest BCUT2D eigenvalue weighted by atomic mass is 32.1. The molecule has 0 unspecified atom stereocenters. The van der Waals surface area contributed by atoms with Crippen LogP contribution in [0.4, 0.5) is 0 Å². The van der Waals surface area contributed by atoms with Crippen molar-refractivity contribution in [3.63, 3.8) is 0 Å². The fourth-order valence-electron chi connectivity index (χ4n) is 3.10. The van der Waals surface area contributed by atoms with Crippen molar-refractivity contribution in [2.75, 3.05) is 40.3 Å². The predicted molar refractivity (Wildman–Crippen MR) is 96.6 cm³/mol. The largest absolute Gasteiger partial charge is 0.356 e. The van der Waals surface area contributed by atoms with Crippen LogP contribution in [-0.2, 0) is 6.54 Å². The molecule has 1 aromatic heterocycles. The molecular weight excluding hydrogens is 292 g/mol. The van der Waals surface area contributed by atoms with Gasteiger partial charge < -0.3 is 15.1 Å². The molecule has 1 saturated heterocycles. The Bertz CT molecular complexity index is 436. The summed E-state index contributed by atoms with van der Waals surface area (Å²) in [6, 6.07) is 2.18. The van der Waals surface area contributed by atoms with Gasteiger partial charge in [0.2, 0.25) is 0 Å². The van der Waals surface area contributed by atoms with E-state index in [2.05, 4.69) is 50.9 Å². The fraction of sp³-hybridized carbons (Fsp3) is 0.706. The molecule has 1 N–H and O–H groups in total. The maximum absolute atomic E-state index is 4.40. The van der Waals surface area contributed by atoms with Crippen LogP contribution in [0.3, 0.4) is 0 Å². The molecule has 1 aliphatic rings. The van der Waals surface area contributed by atoms with Crippen LogP contribution in [0.25, 0.3) is 0 Å². The highest BCUT2D eigenvalue weighted by molar-refractivity contribution is 7.07. The first-order valence-corrected chi connectivity index (χ1v) is 9.32. The second kappa shape index (κ2) is 9.16. The molecule has 1 aromatic rings. The third-order valence-corrected chi connectivity index (χ3v) is 5.30. The summed E-state index contributed by atoms with van der Waals surface area (Å²) in [7, 11) is 3.97. The maximum atomic E-state index is 4.40. The number of rotatable bonds is 6. The van der Waals surface area contributed by atoms with Crippen LogP contribution in [0.1, 0.15) is 31.7 Å². The van der Waals surface area contributed by atoms with E-state index in [9.17, 15) is 0 Å². The highest BCUT2D eigenvalue weighted by Crippen LogP contribution is 2.19. The Hall–Kier alpha value is -1.07. The number of likely N-dealkylation sites (tertiary alicyclic amines) is 1. The van der Waals surface area contributed by atoms with Gasteiger partial charge in [-0.1, -0.05) is 6.92 Å². The standard InChI is InChI=1S/C17H30N4S/c1-4-21-10-6-15(7-11-21)5-9-19-17(18-2)20(3)13-16-8-12-22-14-16/h8,12,14-15H,4-7,9-11,13H2,1-3H3,(H,18,19). The van der Waals surface area contributed by atoms with Gasteiger partial charge in [-0.25, -0.2) is 0 Å². The second-order valence-corrected chi connectivity index (χ2v) is 6.91. The van der Waals surface area contributed by atoms with Crippen molar-refractivity contribution in [2.45, 2.75) is 32.7 Å². The Morgan fingerprint density at radius 3 is 2.82 bits per heavy atom. The van der Waals surface area contributed by atoms with E-state index < -0.39 is 0 Å². The molecule has 2 heterocycles. The van der Waals surface area contributed by atoms with Crippen LogP contribution < -0.4 is 5.32 Å². The van der Waals surface area contributed by atoms with Gasteiger partial charge in [0.25, 0.3) is 0 Å². The van der Waals surface area contributed by atoms with E-state index in [-0.39, 0.29) is 0 Å². The lowest BCUT2D eigenvalue weighted by atomic mass is 9.93. The molecule has 1 fully saturated rings. The van der Waals surface area contributed by atoms with Gasteiger partial charge in [-0.3, -0.25) is 4.99 Å². The number of thiophene rings is 1. The number of aliphatic imine (C=N–C) groups is 1. The molecule has 0 saturated carbocycles. The topological polar surface area (TPSA) is 30.9 Å². The molecule has 4 nitrogen and oxygen atoms in total. The van der Waals surface area contributed by atoms with E-state index in [1.807, 2.05) is 7.05 Å². The van der Waals surface area contributed by atoms with Gasteiger partial charge >= 0.3 is 0 Å².